The predicted octanol–water partition coefficient (Wildman–Crippen LogP) is -0.0342. The van der Waals surface area contributed by atoms with Gasteiger partial charge >= 0.3 is 11.9 Å². The molecule has 0 bridgehead atoms. The van der Waals surface area contributed by atoms with Crippen LogP contribution in [0.1, 0.15) is 12.8 Å². The summed E-state index contributed by atoms with van der Waals surface area (Å²) in [5.41, 5.74) is 0. The van der Waals surface area contributed by atoms with Crippen molar-refractivity contribution in [3.8, 4) is 0 Å². The Labute approximate surface area is 81.4 Å². The summed E-state index contributed by atoms with van der Waals surface area (Å²) in [6.45, 7) is 0. The molecule has 0 amide bonds. The zero-order valence-corrected chi connectivity index (χ0v) is 8.10. The van der Waals surface area contributed by atoms with Gasteiger partial charge in [0.15, 0.2) is 12.2 Å². The highest BCUT2D eigenvalue weighted by molar-refractivity contribution is 5.73. The highest BCUT2D eigenvalue weighted by Crippen LogP contribution is 2.07. The predicted molar refractivity (Wildman–Crippen MR) is 46.1 cm³/mol. The van der Waals surface area contributed by atoms with Gasteiger partial charge in [-0.05, 0) is 12.8 Å². The van der Waals surface area contributed by atoms with Gasteiger partial charge in [-0.15, -0.1) is 0 Å². The van der Waals surface area contributed by atoms with Crippen LogP contribution < -0.4 is 0 Å². The summed E-state index contributed by atoms with van der Waals surface area (Å²) in [4.78, 5) is 21.0. The Balaban J connectivity index is 4.00. The fourth-order valence-electron chi connectivity index (χ4n) is 0.987. The van der Waals surface area contributed by atoms with E-state index in [1.165, 1.54) is 14.2 Å². The Morgan fingerprint density at radius 3 is 1.43 bits per heavy atom. The molecule has 0 aromatic heterocycles. The fraction of sp³-hybridized carbons (Fsp3) is 0.750. The van der Waals surface area contributed by atoms with Crippen LogP contribution in [0.15, 0.2) is 0 Å². The van der Waals surface area contributed by atoms with Crippen LogP contribution >= 0.6 is 0 Å². The van der Waals surface area contributed by atoms with Gasteiger partial charge in [0, 0.05) is 14.2 Å². The topological polar surface area (TPSA) is 93.1 Å². The van der Waals surface area contributed by atoms with Gasteiger partial charge < -0.3 is 19.7 Å². The number of carboxylic acids is 2. The highest BCUT2D eigenvalue weighted by atomic mass is 16.5. The molecule has 0 spiro atoms. The molecular weight excluding hydrogens is 192 g/mol. The van der Waals surface area contributed by atoms with Crippen molar-refractivity contribution in [1.82, 2.24) is 0 Å². The van der Waals surface area contributed by atoms with E-state index in [0.717, 1.165) is 0 Å². The minimum atomic E-state index is -1.10. The summed E-state index contributed by atoms with van der Waals surface area (Å²) in [6.07, 6.45) is -1.74. The van der Waals surface area contributed by atoms with Crippen LogP contribution in [0.4, 0.5) is 0 Å². The van der Waals surface area contributed by atoms with Gasteiger partial charge in [-0.3, -0.25) is 0 Å². The van der Waals surface area contributed by atoms with Crippen LogP contribution in [-0.2, 0) is 19.1 Å². The quantitative estimate of drug-likeness (QED) is 0.607. The number of carboxylic acid groups (broad SMARTS) is 2. The smallest absolute Gasteiger partial charge is 0.332 e. The first kappa shape index (κ1) is 12.9. The Kier molecular flexibility index (Phi) is 5.82. The molecular formula is C8H14O6. The molecule has 0 radical (unpaired) electrons. The summed E-state index contributed by atoms with van der Waals surface area (Å²) < 4.78 is 9.28. The molecule has 0 aliphatic heterocycles. The molecule has 0 rings (SSSR count). The molecule has 0 saturated carbocycles. The van der Waals surface area contributed by atoms with Crippen molar-refractivity contribution < 1.29 is 29.3 Å². The van der Waals surface area contributed by atoms with E-state index >= 15 is 0 Å². The summed E-state index contributed by atoms with van der Waals surface area (Å²) >= 11 is 0. The molecule has 0 heterocycles. The molecule has 0 aromatic carbocycles. The molecule has 82 valence electrons. The molecule has 6 nitrogen and oxygen atoms in total. The Morgan fingerprint density at radius 2 is 1.29 bits per heavy atom. The minimum absolute atomic E-state index is 0.108. The summed E-state index contributed by atoms with van der Waals surface area (Å²) in [6, 6.07) is 0. The van der Waals surface area contributed by atoms with E-state index in [1.54, 1.807) is 0 Å². The lowest BCUT2D eigenvalue weighted by atomic mass is 10.1. The normalized spacial score (nSPS) is 14.7. The van der Waals surface area contributed by atoms with E-state index in [0.29, 0.717) is 0 Å². The third kappa shape index (κ3) is 4.20. The monoisotopic (exact) mass is 206 g/mol. The molecule has 2 atom stereocenters. The van der Waals surface area contributed by atoms with Gasteiger partial charge in [0.1, 0.15) is 0 Å². The Hall–Kier alpha value is -1.14. The fourth-order valence-corrected chi connectivity index (χ4v) is 0.987. The number of carbonyl (C=O) groups is 2. The molecule has 0 unspecified atom stereocenters. The van der Waals surface area contributed by atoms with Gasteiger partial charge in [-0.2, -0.15) is 0 Å². The zero-order chi connectivity index (χ0) is 11.1. The minimum Gasteiger partial charge on any atom is -0.479 e. The van der Waals surface area contributed by atoms with E-state index in [4.69, 9.17) is 10.2 Å². The number of methoxy groups -OCH3 is 2. The molecule has 6 heteroatoms. The summed E-state index contributed by atoms with van der Waals surface area (Å²) in [5.74, 6) is -2.21. The van der Waals surface area contributed by atoms with E-state index in [-0.39, 0.29) is 12.8 Å². The van der Waals surface area contributed by atoms with Gasteiger partial charge in [-0.1, -0.05) is 0 Å². The van der Waals surface area contributed by atoms with Crippen LogP contribution in [0.3, 0.4) is 0 Å². The second-order valence-corrected chi connectivity index (χ2v) is 2.70. The van der Waals surface area contributed by atoms with Crippen LogP contribution in [-0.4, -0.2) is 48.6 Å². The van der Waals surface area contributed by atoms with Crippen molar-refractivity contribution in [2.45, 2.75) is 25.0 Å². The maximum Gasteiger partial charge on any atom is 0.332 e. The van der Waals surface area contributed by atoms with Crippen molar-refractivity contribution in [2.75, 3.05) is 14.2 Å². The average Bonchev–Trinajstić information content (AvgIpc) is 2.11. The molecule has 0 aliphatic rings. The first-order valence-electron chi connectivity index (χ1n) is 4.04. The van der Waals surface area contributed by atoms with Crippen molar-refractivity contribution >= 4 is 11.9 Å². The second kappa shape index (κ2) is 6.33. The Bertz CT molecular complexity index is 180. The van der Waals surface area contributed by atoms with Gasteiger partial charge in [0.2, 0.25) is 0 Å². The third-order valence-corrected chi connectivity index (χ3v) is 1.81. The number of ether oxygens (including phenoxy) is 2. The SMILES string of the molecule is CO[C@@H](CC[C@H](OC)C(=O)O)C(=O)O. The van der Waals surface area contributed by atoms with Crippen LogP contribution in [0.5, 0.6) is 0 Å². The highest BCUT2D eigenvalue weighted by Gasteiger charge is 2.22. The average molecular weight is 206 g/mol. The second-order valence-electron chi connectivity index (χ2n) is 2.70. The van der Waals surface area contributed by atoms with Gasteiger partial charge in [0.05, 0.1) is 0 Å². The van der Waals surface area contributed by atoms with Crippen molar-refractivity contribution in [2.24, 2.45) is 0 Å². The largest absolute Gasteiger partial charge is 0.479 e. The summed E-state index contributed by atoms with van der Waals surface area (Å²) in [7, 11) is 2.53. The molecule has 14 heavy (non-hydrogen) atoms. The van der Waals surface area contributed by atoms with Crippen LogP contribution in [0, 0.1) is 0 Å². The van der Waals surface area contributed by atoms with Crippen LogP contribution in [0.2, 0.25) is 0 Å². The molecule has 0 aliphatic carbocycles. The van der Waals surface area contributed by atoms with E-state index in [2.05, 4.69) is 9.47 Å². The number of aliphatic carboxylic acids is 2. The van der Waals surface area contributed by atoms with E-state index in [9.17, 15) is 9.59 Å². The first-order valence-corrected chi connectivity index (χ1v) is 4.04. The summed E-state index contributed by atoms with van der Waals surface area (Å²) in [5, 5.41) is 17.2. The lowest BCUT2D eigenvalue weighted by Crippen LogP contribution is -2.28. The third-order valence-electron chi connectivity index (χ3n) is 1.81. The first-order chi connectivity index (χ1) is 6.52. The van der Waals surface area contributed by atoms with Gasteiger partial charge in [-0.25, -0.2) is 9.59 Å². The van der Waals surface area contributed by atoms with Gasteiger partial charge in [0.25, 0.3) is 0 Å². The maximum atomic E-state index is 10.5. The molecule has 0 fully saturated rings. The lowest BCUT2D eigenvalue weighted by molar-refractivity contribution is -0.153. The number of rotatable bonds is 7. The Morgan fingerprint density at radius 1 is 1.00 bits per heavy atom. The molecule has 0 saturated heterocycles. The van der Waals surface area contributed by atoms with Crippen molar-refractivity contribution in [3.63, 3.8) is 0 Å². The molecule has 0 aromatic rings. The maximum absolute atomic E-state index is 10.5. The zero-order valence-electron chi connectivity index (χ0n) is 8.10. The molecule has 2 N–H and O–H groups in total. The van der Waals surface area contributed by atoms with E-state index < -0.39 is 24.1 Å². The van der Waals surface area contributed by atoms with Crippen LogP contribution in [0.25, 0.3) is 0 Å². The lowest BCUT2D eigenvalue weighted by Gasteiger charge is -2.13. The number of hydrogen-bond acceptors (Lipinski definition) is 4. The van der Waals surface area contributed by atoms with Crippen molar-refractivity contribution in [1.29, 1.82) is 0 Å². The van der Waals surface area contributed by atoms with E-state index in [1.807, 2.05) is 0 Å². The van der Waals surface area contributed by atoms with Crippen molar-refractivity contribution in [3.05, 3.63) is 0 Å². The standard InChI is InChI=1S/C8H14O6/c1-13-5(7(9)10)3-4-6(14-2)8(11)12/h5-6H,3-4H2,1-2H3,(H,9,10)(H,11,12)/t5-,6-/m0/s1. The number of hydrogen-bond donors (Lipinski definition) is 2.